The Labute approximate surface area is 261 Å². The summed E-state index contributed by atoms with van der Waals surface area (Å²) < 4.78 is 40.9. The van der Waals surface area contributed by atoms with Crippen molar-refractivity contribution < 1.29 is 46.3 Å². The molecule has 2 amide bonds. The van der Waals surface area contributed by atoms with Crippen molar-refractivity contribution in [3.8, 4) is 5.75 Å². The first-order valence-electron chi connectivity index (χ1n) is 13.4. The van der Waals surface area contributed by atoms with E-state index in [2.05, 4.69) is 30.0 Å². The molecular weight excluding hydrogens is 636 g/mol. The standard InChI is InChI=1S/C25H32N8O10S2/c1-25(2)19(22(35)33(25)43-45(38,39)40)31-21(34)18(16-12-44-24(27)30-16)32-42-17(23(36)37)11-41-15-7-5-13(6-8-15)20(26)29-14-4-3-9-28-10-14/h5-8,12,14,17,19,28H,3-4,9-11H2,1-2H3,(H2,26,29)(H2,27,30)(H,31,34)(H,36,37)(H,38,39,40)/b32-18-/t14-,17-,19+/m0/s1. The molecule has 0 spiro atoms. The molecular formula is C25H32N8O10S2. The first-order chi connectivity index (χ1) is 21.2. The summed E-state index contributed by atoms with van der Waals surface area (Å²) in [6, 6.07) is 5.29. The zero-order valence-corrected chi connectivity index (χ0v) is 25.7. The number of hydrogen-bond donors (Lipinski definition) is 6. The van der Waals surface area contributed by atoms with Crippen molar-refractivity contribution in [2.75, 3.05) is 25.4 Å². The van der Waals surface area contributed by atoms with Gasteiger partial charge in [-0.05, 0) is 57.5 Å². The number of carboxylic acid groups (broad SMARTS) is 1. The number of aliphatic carboxylic acids is 1. The third kappa shape index (κ3) is 8.42. The SMILES string of the molecule is CC1(C)[C@H](NC(=O)/C(=N\O[C@@H](COc2ccc(C(N)=N[C@H]3CCCNC3)cc2)C(=O)O)c2csc(N)n2)C(=O)N1OS(=O)(=O)O. The van der Waals surface area contributed by atoms with Gasteiger partial charge in [0.15, 0.2) is 10.8 Å². The maximum Gasteiger partial charge on any atom is 0.418 e. The molecule has 20 heteroatoms. The number of nitrogen functional groups attached to an aromatic ring is 1. The van der Waals surface area contributed by atoms with Crippen LogP contribution in [0.1, 0.15) is 37.9 Å². The van der Waals surface area contributed by atoms with Crippen LogP contribution in [-0.4, -0.2) is 101 Å². The second-order valence-corrected chi connectivity index (χ2v) is 12.4. The van der Waals surface area contributed by atoms with Crippen LogP contribution in [0.25, 0.3) is 0 Å². The van der Waals surface area contributed by atoms with Gasteiger partial charge in [-0.15, -0.1) is 15.6 Å². The molecule has 2 saturated heterocycles. The predicted molar refractivity (Wildman–Crippen MR) is 160 cm³/mol. The third-order valence-electron chi connectivity index (χ3n) is 6.79. The molecule has 3 atom stereocenters. The van der Waals surface area contributed by atoms with Crippen LogP contribution in [0.5, 0.6) is 5.75 Å². The lowest BCUT2D eigenvalue weighted by molar-refractivity contribution is -0.218. The topological polar surface area (TPSA) is 270 Å². The number of benzene rings is 1. The quantitative estimate of drug-likeness (QED) is 0.0505. The Morgan fingerprint density at radius 3 is 2.58 bits per heavy atom. The lowest BCUT2D eigenvalue weighted by Crippen LogP contribution is -2.76. The molecule has 0 unspecified atom stereocenters. The highest BCUT2D eigenvalue weighted by Crippen LogP contribution is 2.33. The van der Waals surface area contributed by atoms with Crippen molar-refractivity contribution in [1.82, 2.24) is 20.7 Å². The van der Waals surface area contributed by atoms with Crippen molar-refractivity contribution in [1.29, 1.82) is 0 Å². The maximum atomic E-state index is 13.2. The number of ether oxygens (including phenoxy) is 1. The van der Waals surface area contributed by atoms with E-state index in [1.807, 2.05) is 0 Å². The van der Waals surface area contributed by atoms with E-state index < -0.39 is 58.2 Å². The van der Waals surface area contributed by atoms with E-state index in [0.29, 0.717) is 22.2 Å². The fourth-order valence-corrected chi connectivity index (χ4v) is 5.39. The van der Waals surface area contributed by atoms with E-state index >= 15 is 0 Å². The van der Waals surface area contributed by atoms with E-state index in [1.54, 1.807) is 24.3 Å². The Bertz CT molecular complexity index is 1590. The number of nitrogens with zero attached hydrogens (tertiary/aromatic N) is 4. The van der Waals surface area contributed by atoms with Crippen LogP contribution < -0.4 is 26.8 Å². The van der Waals surface area contributed by atoms with Crippen LogP contribution in [0.3, 0.4) is 0 Å². The molecule has 1 aromatic heterocycles. The van der Waals surface area contributed by atoms with Crippen LogP contribution in [0.15, 0.2) is 39.8 Å². The highest BCUT2D eigenvalue weighted by Gasteiger charge is 2.58. The summed E-state index contributed by atoms with van der Waals surface area (Å²) in [5, 5.41) is 20.8. The smallest absolute Gasteiger partial charge is 0.418 e. The molecule has 3 heterocycles. The fraction of sp³-hybridized carbons (Fsp3) is 0.440. The molecule has 0 bridgehead atoms. The number of anilines is 1. The second-order valence-electron chi connectivity index (χ2n) is 10.5. The number of rotatable bonds is 13. The summed E-state index contributed by atoms with van der Waals surface area (Å²) in [4.78, 5) is 51.2. The summed E-state index contributed by atoms with van der Waals surface area (Å²) in [5.41, 5.74) is 10.4. The molecule has 0 saturated carbocycles. The first-order valence-corrected chi connectivity index (χ1v) is 15.7. The van der Waals surface area contributed by atoms with E-state index in [-0.39, 0.29) is 16.9 Å². The van der Waals surface area contributed by atoms with Gasteiger partial charge in [-0.2, -0.15) is 13.5 Å². The van der Waals surface area contributed by atoms with Gasteiger partial charge in [0.2, 0.25) is 0 Å². The Morgan fingerprint density at radius 1 is 1.31 bits per heavy atom. The lowest BCUT2D eigenvalue weighted by Gasteiger charge is -2.50. The zero-order valence-electron chi connectivity index (χ0n) is 24.1. The molecule has 2 fully saturated rings. The van der Waals surface area contributed by atoms with Gasteiger partial charge in [0.1, 0.15) is 29.9 Å². The Morgan fingerprint density at radius 2 is 2.02 bits per heavy atom. The molecule has 2 aliphatic heterocycles. The number of carbonyl (C=O) groups excluding carboxylic acids is 2. The van der Waals surface area contributed by atoms with Crippen molar-refractivity contribution in [3.63, 3.8) is 0 Å². The van der Waals surface area contributed by atoms with Gasteiger partial charge in [0, 0.05) is 17.5 Å². The summed E-state index contributed by atoms with van der Waals surface area (Å²) >= 11 is 0.956. The van der Waals surface area contributed by atoms with Gasteiger partial charge in [-0.25, -0.2) is 9.78 Å². The van der Waals surface area contributed by atoms with E-state index in [4.69, 9.17) is 25.6 Å². The number of oxime groups is 1. The molecule has 18 nitrogen and oxygen atoms in total. The Balaban J connectivity index is 1.43. The molecule has 244 valence electrons. The zero-order chi connectivity index (χ0) is 32.9. The lowest BCUT2D eigenvalue weighted by atomic mass is 9.84. The second kappa shape index (κ2) is 13.7. The number of nitrogens with one attached hydrogen (secondary N) is 2. The Kier molecular flexibility index (Phi) is 10.2. The summed E-state index contributed by atoms with van der Waals surface area (Å²) in [5.74, 6) is -2.81. The minimum Gasteiger partial charge on any atom is -0.489 e. The number of aliphatic imine (C=N–C) groups is 1. The number of aromatic nitrogens is 1. The number of β-lactam (4-membered cyclic amide) rings is 1. The van der Waals surface area contributed by atoms with Gasteiger partial charge in [0.25, 0.3) is 17.9 Å². The van der Waals surface area contributed by atoms with Crippen molar-refractivity contribution >= 4 is 56.2 Å². The summed E-state index contributed by atoms with van der Waals surface area (Å²) in [6.45, 7) is 3.91. The first kappa shape index (κ1) is 33.5. The number of nitrogens with two attached hydrogens (primary N) is 2. The van der Waals surface area contributed by atoms with E-state index in [1.165, 1.54) is 19.2 Å². The van der Waals surface area contributed by atoms with Crippen molar-refractivity contribution in [2.24, 2.45) is 15.9 Å². The largest absolute Gasteiger partial charge is 0.489 e. The van der Waals surface area contributed by atoms with Crippen LogP contribution in [0, 0.1) is 0 Å². The number of hydrogen-bond acceptors (Lipinski definition) is 14. The van der Waals surface area contributed by atoms with Crippen LogP contribution in [0.4, 0.5) is 5.13 Å². The maximum absolute atomic E-state index is 13.2. The van der Waals surface area contributed by atoms with Gasteiger partial charge >= 0.3 is 16.4 Å². The van der Waals surface area contributed by atoms with Crippen LogP contribution in [-0.2, 0) is 33.9 Å². The molecule has 2 aliphatic rings. The number of piperidine rings is 1. The van der Waals surface area contributed by atoms with Crippen LogP contribution in [0.2, 0.25) is 0 Å². The van der Waals surface area contributed by atoms with Crippen molar-refractivity contribution in [3.05, 3.63) is 40.9 Å². The summed E-state index contributed by atoms with van der Waals surface area (Å²) in [7, 11) is -5.01. The number of hydroxylamine groups is 2. The molecule has 4 rings (SSSR count). The number of carboxylic acids is 1. The van der Waals surface area contributed by atoms with E-state index in [0.717, 1.165) is 37.3 Å². The monoisotopic (exact) mass is 668 g/mol. The van der Waals surface area contributed by atoms with Crippen LogP contribution >= 0.6 is 11.3 Å². The van der Waals surface area contributed by atoms with E-state index in [9.17, 15) is 27.9 Å². The van der Waals surface area contributed by atoms with Gasteiger partial charge in [0.05, 0.1) is 11.6 Å². The highest BCUT2D eigenvalue weighted by molar-refractivity contribution is 7.80. The number of thiazole rings is 1. The minimum atomic E-state index is -5.01. The average molecular weight is 669 g/mol. The molecule has 45 heavy (non-hydrogen) atoms. The van der Waals surface area contributed by atoms with Gasteiger partial charge < -0.3 is 36.8 Å². The minimum absolute atomic E-state index is 0.0564. The summed E-state index contributed by atoms with van der Waals surface area (Å²) in [6.07, 6.45) is 0.268. The van der Waals surface area contributed by atoms with Gasteiger partial charge in [-0.3, -0.25) is 19.1 Å². The number of amidine groups is 1. The predicted octanol–water partition coefficient (Wildman–Crippen LogP) is -0.724. The third-order valence-corrected chi connectivity index (χ3v) is 7.80. The Hall–Kier alpha value is -4.37. The molecule has 1 aromatic carbocycles. The fourth-order valence-electron chi connectivity index (χ4n) is 4.39. The molecule has 2 aromatic rings. The van der Waals surface area contributed by atoms with Gasteiger partial charge in [-0.1, -0.05) is 5.16 Å². The van der Waals surface area contributed by atoms with Crippen molar-refractivity contribution in [2.45, 2.75) is 50.4 Å². The highest BCUT2D eigenvalue weighted by atomic mass is 32.3. The number of carbonyl (C=O) groups is 3. The average Bonchev–Trinajstić information content (AvgIpc) is 3.41. The molecule has 8 N–H and O–H groups in total. The molecule has 0 aliphatic carbocycles. The molecule has 0 radical (unpaired) electrons. The number of amides is 2. The normalized spacial score (nSPS) is 21.0.